The fourth-order valence-electron chi connectivity index (χ4n) is 2.27. The largest absolute Gasteiger partial charge is 0.493 e. The molecule has 0 saturated carbocycles. The lowest BCUT2D eigenvalue weighted by Gasteiger charge is -2.18. The first-order chi connectivity index (χ1) is 12.5. The molecule has 0 aliphatic rings. The first-order valence-corrected chi connectivity index (χ1v) is 8.99. The molecule has 0 bridgehead atoms. The molecule has 2 aromatic rings. The molecule has 0 heterocycles. The van der Waals surface area contributed by atoms with E-state index in [4.69, 9.17) is 26.4 Å². The number of hydrogen-bond donors (Lipinski definition) is 2. The van der Waals surface area contributed by atoms with Crippen LogP contribution in [0.1, 0.15) is 20.8 Å². The van der Waals surface area contributed by atoms with Crippen LogP contribution in [0.4, 0.5) is 5.69 Å². The third-order valence-corrected chi connectivity index (χ3v) is 3.64. The topological polar surface area (TPSA) is 51.8 Å². The Morgan fingerprint density at radius 1 is 1.00 bits per heavy atom. The Balaban J connectivity index is 1.79. The highest BCUT2D eigenvalue weighted by Crippen LogP contribution is 2.25. The van der Waals surface area contributed by atoms with Gasteiger partial charge in [0.1, 0.15) is 12.4 Å². The predicted molar refractivity (Wildman–Crippen MR) is 110 cm³/mol. The molecular weight excluding hydrogens is 348 g/mol. The van der Waals surface area contributed by atoms with Crippen LogP contribution in [-0.2, 0) is 0 Å². The lowest BCUT2D eigenvalue weighted by Crippen LogP contribution is -2.39. The summed E-state index contributed by atoms with van der Waals surface area (Å²) in [4.78, 5) is 0. The van der Waals surface area contributed by atoms with Crippen LogP contribution in [0.15, 0.2) is 48.5 Å². The highest BCUT2D eigenvalue weighted by atomic mass is 32.1. The standard InChI is InChI=1S/C20H26N2O3S/c1-14(2)25-17-11-9-16(10-12-17)22-20(26)21-15(3)13-24-19-8-6-5-7-18(19)23-4/h5-12,14-15H,13H2,1-4H3,(H2,21,22,26). The molecule has 0 radical (unpaired) electrons. The minimum Gasteiger partial charge on any atom is -0.493 e. The van der Waals surface area contributed by atoms with Gasteiger partial charge in [0.05, 0.1) is 19.3 Å². The zero-order valence-electron chi connectivity index (χ0n) is 15.6. The van der Waals surface area contributed by atoms with Crippen molar-refractivity contribution in [1.82, 2.24) is 5.32 Å². The van der Waals surface area contributed by atoms with Crippen LogP contribution >= 0.6 is 12.2 Å². The van der Waals surface area contributed by atoms with Crippen molar-refractivity contribution in [2.24, 2.45) is 0 Å². The molecule has 5 nitrogen and oxygen atoms in total. The Morgan fingerprint density at radius 2 is 1.65 bits per heavy atom. The van der Waals surface area contributed by atoms with Crippen LogP contribution in [0.3, 0.4) is 0 Å². The molecule has 2 rings (SSSR count). The molecule has 0 aliphatic carbocycles. The van der Waals surface area contributed by atoms with Gasteiger partial charge in [0.25, 0.3) is 0 Å². The Labute approximate surface area is 160 Å². The van der Waals surface area contributed by atoms with Gasteiger partial charge in [-0.15, -0.1) is 0 Å². The number of thiocarbonyl (C=S) groups is 1. The average molecular weight is 375 g/mol. The van der Waals surface area contributed by atoms with Gasteiger partial charge in [-0.2, -0.15) is 0 Å². The number of para-hydroxylation sites is 2. The number of anilines is 1. The summed E-state index contributed by atoms with van der Waals surface area (Å²) >= 11 is 5.36. The molecule has 1 unspecified atom stereocenters. The van der Waals surface area contributed by atoms with Gasteiger partial charge in [0.2, 0.25) is 0 Å². The minimum absolute atomic E-state index is 0.0310. The van der Waals surface area contributed by atoms with Gasteiger partial charge in [0, 0.05) is 5.69 Å². The van der Waals surface area contributed by atoms with Crippen LogP contribution in [0.5, 0.6) is 17.2 Å². The average Bonchev–Trinajstić information content (AvgIpc) is 2.61. The number of ether oxygens (including phenoxy) is 3. The predicted octanol–water partition coefficient (Wildman–Crippen LogP) is 4.24. The summed E-state index contributed by atoms with van der Waals surface area (Å²) in [7, 11) is 1.63. The normalized spacial score (nSPS) is 11.6. The quantitative estimate of drug-likeness (QED) is 0.674. The Hall–Kier alpha value is -2.47. The van der Waals surface area contributed by atoms with Crippen molar-refractivity contribution in [2.75, 3.05) is 19.0 Å². The van der Waals surface area contributed by atoms with E-state index in [2.05, 4.69) is 10.6 Å². The molecule has 0 fully saturated rings. The molecule has 6 heteroatoms. The van der Waals surface area contributed by atoms with Crippen LogP contribution in [0.2, 0.25) is 0 Å². The second kappa shape index (κ2) is 9.87. The zero-order valence-corrected chi connectivity index (χ0v) is 16.4. The van der Waals surface area contributed by atoms with E-state index in [-0.39, 0.29) is 12.1 Å². The first-order valence-electron chi connectivity index (χ1n) is 8.58. The molecule has 0 aliphatic heterocycles. The molecular formula is C20H26N2O3S. The lowest BCUT2D eigenvalue weighted by molar-refractivity contribution is 0.242. The van der Waals surface area contributed by atoms with Gasteiger partial charge in [-0.3, -0.25) is 0 Å². The van der Waals surface area contributed by atoms with E-state index in [1.54, 1.807) is 7.11 Å². The van der Waals surface area contributed by atoms with Crippen molar-refractivity contribution >= 4 is 23.0 Å². The summed E-state index contributed by atoms with van der Waals surface area (Å²) in [5.41, 5.74) is 0.899. The molecule has 0 amide bonds. The van der Waals surface area contributed by atoms with Gasteiger partial charge < -0.3 is 24.8 Å². The molecule has 0 spiro atoms. The Morgan fingerprint density at radius 3 is 2.27 bits per heavy atom. The molecule has 140 valence electrons. The van der Waals surface area contributed by atoms with Gasteiger partial charge in [-0.25, -0.2) is 0 Å². The van der Waals surface area contributed by atoms with Gasteiger partial charge >= 0.3 is 0 Å². The summed E-state index contributed by atoms with van der Waals surface area (Å²) < 4.78 is 16.7. The van der Waals surface area contributed by atoms with Crippen LogP contribution in [0, 0.1) is 0 Å². The third-order valence-electron chi connectivity index (χ3n) is 3.42. The maximum atomic E-state index is 5.80. The van der Waals surface area contributed by atoms with E-state index in [0.717, 1.165) is 11.4 Å². The second-order valence-corrected chi connectivity index (χ2v) is 6.56. The van der Waals surface area contributed by atoms with E-state index < -0.39 is 0 Å². The maximum absolute atomic E-state index is 5.80. The fourth-order valence-corrected chi connectivity index (χ4v) is 2.59. The van der Waals surface area contributed by atoms with Crippen molar-refractivity contribution in [3.8, 4) is 17.2 Å². The zero-order chi connectivity index (χ0) is 18.9. The summed E-state index contributed by atoms with van der Waals surface area (Å²) in [6.07, 6.45) is 0.153. The molecule has 2 N–H and O–H groups in total. The highest BCUT2D eigenvalue weighted by molar-refractivity contribution is 7.80. The third kappa shape index (κ3) is 6.44. The summed E-state index contributed by atoms with van der Waals surface area (Å²) in [6.45, 7) is 6.46. The molecule has 0 saturated heterocycles. The molecule has 1 atom stereocenters. The monoisotopic (exact) mass is 374 g/mol. The summed E-state index contributed by atoms with van der Waals surface area (Å²) in [5, 5.41) is 6.91. The van der Waals surface area contributed by atoms with Crippen molar-refractivity contribution in [2.45, 2.75) is 32.9 Å². The maximum Gasteiger partial charge on any atom is 0.171 e. The number of hydrogen-bond acceptors (Lipinski definition) is 4. The van der Waals surface area contributed by atoms with Gasteiger partial charge in [-0.1, -0.05) is 12.1 Å². The van der Waals surface area contributed by atoms with E-state index >= 15 is 0 Å². The fraction of sp³-hybridized carbons (Fsp3) is 0.350. The Kier molecular flexibility index (Phi) is 7.53. The van der Waals surface area contributed by atoms with E-state index in [1.165, 1.54) is 0 Å². The first kappa shape index (κ1) is 19.8. The summed E-state index contributed by atoms with van der Waals surface area (Å²) in [6, 6.07) is 15.3. The van der Waals surface area contributed by atoms with Gasteiger partial charge in [-0.05, 0) is 69.4 Å². The van der Waals surface area contributed by atoms with Crippen molar-refractivity contribution in [1.29, 1.82) is 0 Å². The molecule has 26 heavy (non-hydrogen) atoms. The van der Waals surface area contributed by atoms with Crippen molar-refractivity contribution in [3.05, 3.63) is 48.5 Å². The van der Waals surface area contributed by atoms with Crippen molar-refractivity contribution < 1.29 is 14.2 Å². The minimum atomic E-state index is 0.0310. The van der Waals surface area contributed by atoms with Crippen LogP contribution in [-0.4, -0.2) is 31.0 Å². The number of nitrogens with one attached hydrogen (secondary N) is 2. The number of rotatable bonds is 8. The SMILES string of the molecule is COc1ccccc1OCC(C)NC(=S)Nc1ccc(OC(C)C)cc1. The Bertz CT molecular complexity index is 704. The number of benzene rings is 2. The summed E-state index contributed by atoms with van der Waals surface area (Å²) in [5.74, 6) is 2.26. The molecule has 2 aromatic carbocycles. The second-order valence-electron chi connectivity index (χ2n) is 6.15. The van der Waals surface area contributed by atoms with E-state index in [0.29, 0.717) is 23.2 Å². The van der Waals surface area contributed by atoms with Crippen LogP contribution < -0.4 is 24.8 Å². The smallest absolute Gasteiger partial charge is 0.171 e. The van der Waals surface area contributed by atoms with E-state index in [1.807, 2.05) is 69.3 Å². The molecule has 0 aromatic heterocycles. The highest BCUT2D eigenvalue weighted by Gasteiger charge is 2.08. The lowest BCUT2D eigenvalue weighted by atomic mass is 10.3. The van der Waals surface area contributed by atoms with E-state index in [9.17, 15) is 0 Å². The van der Waals surface area contributed by atoms with Crippen molar-refractivity contribution in [3.63, 3.8) is 0 Å². The number of methoxy groups -OCH3 is 1. The van der Waals surface area contributed by atoms with Gasteiger partial charge in [0.15, 0.2) is 16.6 Å². The van der Waals surface area contributed by atoms with Crippen LogP contribution in [0.25, 0.3) is 0 Å².